The van der Waals surface area contributed by atoms with Crippen molar-refractivity contribution in [3.8, 4) is 0 Å². The molecular weight excluding hydrogens is 240 g/mol. The van der Waals surface area contributed by atoms with Crippen LogP contribution in [-0.2, 0) is 15.0 Å². The molecule has 2 unspecified atom stereocenters. The van der Waals surface area contributed by atoms with Gasteiger partial charge in [0.15, 0.2) is 0 Å². The third-order valence-electron chi connectivity index (χ3n) is 4.13. The third kappa shape index (κ3) is 1.59. The summed E-state index contributed by atoms with van der Waals surface area (Å²) in [6, 6.07) is 7.34. The van der Waals surface area contributed by atoms with Gasteiger partial charge in [0.25, 0.3) is 0 Å². The number of rotatable bonds is 3. The molecule has 1 saturated heterocycles. The second-order valence-electron chi connectivity index (χ2n) is 6.00. The van der Waals surface area contributed by atoms with Crippen molar-refractivity contribution < 1.29 is 9.59 Å². The minimum Gasteiger partial charge on any atom is -0.399 e. The van der Waals surface area contributed by atoms with Gasteiger partial charge in [-0.1, -0.05) is 26.0 Å². The number of carbonyl (C=O) groups excluding carboxylic acids is 2. The number of hydrogen-bond donors (Lipinski definition) is 1. The lowest BCUT2D eigenvalue weighted by atomic mass is 9.94. The van der Waals surface area contributed by atoms with Crippen LogP contribution in [0.5, 0.6) is 0 Å². The molecule has 0 aromatic heterocycles. The first-order valence-corrected chi connectivity index (χ1v) is 6.68. The van der Waals surface area contributed by atoms with Gasteiger partial charge in [-0.15, -0.1) is 0 Å². The Morgan fingerprint density at radius 1 is 1.32 bits per heavy atom. The molecular formula is C15H18N2O2. The number of nitrogens with two attached hydrogens (primary N) is 1. The summed E-state index contributed by atoms with van der Waals surface area (Å²) in [5, 5.41) is 0. The maximum atomic E-state index is 12.6. The second kappa shape index (κ2) is 3.83. The van der Waals surface area contributed by atoms with Crippen LogP contribution >= 0.6 is 0 Å². The van der Waals surface area contributed by atoms with E-state index in [2.05, 4.69) is 0 Å². The highest BCUT2D eigenvalue weighted by molar-refractivity contribution is 6.15. The first-order chi connectivity index (χ1) is 8.96. The van der Waals surface area contributed by atoms with Crippen LogP contribution in [0.1, 0.15) is 25.8 Å². The number of nitrogen functional groups attached to an aromatic ring is 1. The molecule has 1 aromatic rings. The van der Waals surface area contributed by atoms with E-state index in [-0.39, 0.29) is 17.7 Å². The highest BCUT2D eigenvalue weighted by atomic mass is 16.2. The van der Waals surface area contributed by atoms with Crippen molar-refractivity contribution in [1.82, 2.24) is 4.90 Å². The van der Waals surface area contributed by atoms with E-state index < -0.39 is 5.41 Å². The summed E-state index contributed by atoms with van der Waals surface area (Å²) in [4.78, 5) is 26.2. The van der Waals surface area contributed by atoms with Crippen LogP contribution < -0.4 is 5.73 Å². The molecule has 19 heavy (non-hydrogen) atoms. The number of piperidine rings is 1. The first kappa shape index (κ1) is 12.2. The molecule has 1 aliphatic heterocycles. The van der Waals surface area contributed by atoms with Crippen LogP contribution in [0.3, 0.4) is 0 Å². The van der Waals surface area contributed by atoms with Crippen molar-refractivity contribution in [2.75, 3.05) is 12.3 Å². The maximum Gasteiger partial charge on any atom is 0.240 e. The molecule has 2 N–H and O–H groups in total. The molecule has 3 rings (SSSR count). The van der Waals surface area contributed by atoms with Crippen LogP contribution in [-0.4, -0.2) is 23.3 Å². The van der Waals surface area contributed by atoms with Gasteiger partial charge in [-0.3, -0.25) is 14.5 Å². The summed E-state index contributed by atoms with van der Waals surface area (Å²) in [6.45, 7) is 4.55. The van der Waals surface area contributed by atoms with Crippen molar-refractivity contribution in [3.63, 3.8) is 0 Å². The van der Waals surface area contributed by atoms with E-state index in [0.717, 1.165) is 5.56 Å². The molecule has 0 bridgehead atoms. The van der Waals surface area contributed by atoms with Crippen molar-refractivity contribution in [2.45, 2.75) is 25.7 Å². The highest BCUT2D eigenvalue weighted by Gasteiger charge is 2.72. The van der Waals surface area contributed by atoms with E-state index in [4.69, 9.17) is 5.73 Å². The summed E-state index contributed by atoms with van der Waals surface area (Å²) >= 11 is 0. The van der Waals surface area contributed by atoms with E-state index in [0.29, 0.717) is 24.6 Å². The van der Waals surface area contributed by atoms with Gasteiger partial charge < -0.3 is 5.73 Å². The van der Waals surface area contributed by atoms with E-state index in [9.17, 15) is 9.59 Å². The molecule has 1 aromatic carbocycles. The molecule has 4 heteroatoms. The summed E-state index contributed by atoms with van der Waals surface area (Å²) in [7, 11) is 0. The number of imide groups is 1. The van der Waals surface area contributed by atoms with E-state index in [1.165, 1.54) is 4.90 Å². The smallest absolute Gasteiger partial charge is 0.240 e. The zero-order chi connectivity index (χ0) is 13.8. The minimum absolute atomic E-state index is 0.00414. The molecule has 1 saturated carbocycles. The topological polar surface area (TPSA) is 63.4 Å². The molecule has 2 atom stereocenters. The van der Waals surface area contributed by atoms with Gasteiger partial charge in [0.1, 0.15) is 0 Å². The molecule has 0 radical (unpaired) electrons. The van der Waals surface area contributed by atoms with Gasteiger partial charge in [-0.2, -0.15) is 0 Å². The van der Waals surface area contributed by atoms with Crippen LogP contribution in [0.15, 0.2) is 24.3 Å². The Balaban J connectivity index is 1.93. The fourth-order valence-electron chi connectivity index (χ4n) is 3.09. The van der Waals surface area contributed by atoms with Gasteiger partial charge in [-0.05, 0) is 30.0 Å². The first-order valence-electron chi connectivity index (χ1n) is 6.68. The normalized spacial score (nSPS) is 29.0. The van der Waals surface area contributed by atoms with E-state index >= 15 is 0 Å². The Kier molecular flexibility index (Phi) is 2.46. The van der Waals surface area contributed by atoms with Crippen LogP contribution in [0.4, 0.5) is 5.69 Å². The average Bonchev–Trinajstić information content (AvgIpc) is 3.07. The van der Waals surface area contributed by atoms with Crippen molar-refractivity contribution in [1.29, 1.82) is 0 Å². The van der Waals surface area contributed by atoms with Crippen molar-refractivity contribution in [3.05, 3.63) is 29.8 Å². The molecule has 4 nitrogen and oxygen atoms in total. The largest absolute Gasteiger partial charge is 0.399 e. The van der Waals surface area contributed by atoms with E-state index in [1.807, 2.05) is 26.0 Å². The molecule has 1 aliphatic carbocycles. The van der Waals surface area contributed by atoms with Gasteiger partial charge in [0, 0.05) is 12.2 Å². The minimum atomic E-state index is -0.584. The Bertz CT molecular complexity index is 550. The number of nitrogens with zero attached hydrogens (tertiary/aromatic N) is 1. The Morgan fingerprint density at radius 2 is 1.95 bits per heavy atom. The lowest BCUT2D eigenvalue weighted by Gasteiger charge is -2.21. The van der Waals surface area contributed by atoms with Crippen molar-refractivity contribution in [2.24, 2.45) is 11.8 Å². The number of carbonyl (C=O) groups is 2. The van der Waals surface area contributed by atoms with Gasteiger partial charge in [0.05, 0.1) is 11.3 Å². The van der Waals surface area contributed by atoms with Crippen LogP contribution in [0, 0.1) is 11.8 Å². The summed E-state index contributed by atoms with van der Waals surface area (Å²) in [5.74, 6) is 0.118. The van der Waals surface area contributed by atoms with Gasteiger partial charge >= 0.3 is 0 Å². The molecule has 2 amide bonds. The van der Waals surface area contributed by atoms with E-state index in [1.54, 1.807) is 12.1 Å². The van der Waals surface area contributed by atoms with Gasteiger partial charge in [-0.25, -0.2) is 0 Å². The maximum absolute atomic E-state index is 12.6. The number of likely N-dealkylation sites (tertiary alicyclic amines) is 1. The average molecular weight is 258 g/mol. The number of amides is 2. The lowest BCUT2D eigenvalue weighted by molar-refractivity contribution is -0.142. The third-order valence-corrected chi connectivity index (χ3v) is 4.13. The molecule has 2 fully saturated rings. The summed E-state index contributed by atoms with van der Waals surface area (Å²) < 4.78 is 0. The second-order valence-corrected chi connectivity index (χ2v) is 6.00. The Morgan fingerprint density at radius 3 is 2.53 bits per heavy atom. The zero-order valence-electron chi connectivity index (χ0n) is 11.2. The number of hydrogen-bond acceptors (Lipinski definition) is 3. The Labute approximate surface area is 112 Å². The highest BCUT2D eigenvalue weighted by Crippen LogP contribution is 2.60. The van der Waals surface area contributed by atoms with Crippen LogP contribution in [0.25, 0.3) is 0 Å². The fourth-order valence-corrected chi connectivity index (χ4v) is 3.09. The number of fused-ring (bicyclic) bond motifs is 1. The van der Waals surface area contributed by atoms with Crippen LogP contribution in [0.2, 0.25) is 0 Å². The molecule has 1 heterocycles. The quantitative estimate of drug-likeness (QED) is 0.661. The standard InChI is InChI=1S/C15H18N2O2/c1-9(2)8-17-13(18)12-7-15(12,14(17)19)10-3-5-11(16)6-4-10/h3-6,9,12H,7-8,16H2,1-2H3. The molecule has 0 spiro atoms. The summed E-state index contributed by atoms with van der Waals surface area (Å²) in [5.41, 5.74) is 6.69. The fraction of sp³-hybridized carbons (Fsp3) is 0.467. The number of benzene rings is 1. The number of anilines is 1. The predicted octanol–water partition coefficient (Wildman–Crippen LogP) is 1.55. The lowest BCUT2D eigenvalue weighted by Crippen LogP contribution is -2.38. The zero-order valence-corrected chi connectivity index (χ0v) is 11.2. The van der Waals surface area contributed by atoms with Crippen molar-refractivity contribution >= 4 is 17.5 Å². The predicted molar refractivity (Wildman–Crippen MR) is 72.2 cm³/mol. The molecule has 100 valence electrons. The summed E-state index contributed by atoms with van der Waals surface area (Å²) in [6.07, 6.45) is 0.656. The monoisotopic (exact) mass is 258 g/mol. The SMILES string of the molecule is CC(C)CN1C(=O)C2CC2(c2ccc(N)cc2)C1=O. The van der Waals surface area contributed by atoms with Gasteiger partial charge in [0.2, 0.25) is 11.8 Å². The Hall–Kier alpha value is -1.84. The molecule has 2 aliphatic rings.